The maximum Gasteiger partial charge on any atom is 0.118 e. The van der Waals surface area contributed by atoms with Crippen LogP contribution in [0.3, 0.4) is 0 Å². The zero-order chi connectivity index (χ0) is 9.68. The zero-order valence-corrected chi connectivity index (χ0v) is 8.99. The molecule has 0 heterocycles. The number of aryl methyl sites for hydroxylation is 1. The Kier molecular flexibility index (Phi) is 4.25. The highest BCUT2D eigenvalue weighted by molar-refractivity contribution is 7.86. The second-order valence-electron chi connectivity index (χ2n) is 2.71. The topological polar surface area (TPSA) is 29.1 Å². The average molecular weight is 218 g/mol. The quantitative estimate of drug-likeness (QED) is 0.771. The van der Waals surface area contributed by atoms with E-state index in [1.807, 2.05) is 31.2 Å². The van der Waals surface area contributed by atoms with Crippen LogP contribution in [0.4, 0.5) is 5.69 Å². The SMILES string of the molecule is Cc1cccc(NS(=O)CCCl)c1. The highest BCUT2D eigenvalue weighted by Crippen LogP contribution is 2.10. The van der Waals surface area contributed by atoms with Gasteiger partial charge < -0.3 is 4.72 Å². The fourth-order valence-electron chi connectivity index (χ4n) is 0.961. The maximum atomic E-state index is 11.2. The van der Waals surface area contributed by atoms with E-state index in [-0.39, 0.29) is 0 Å². The number of halogens is 1. The Hall–Kier alpha value is -0.540. The molecule has 0 bridgehead atoms. The van der Waals surface area contributed by atoms with Gasteiger partial charge >= 0.3 is 0 Å². The lowest BCUT2D eigenvalue weighted by atomic mass is 10.2. The van der Waals surface area contributed by atoms with E-state index in [1.54, 1.807) is 0 Å². The molecule has 13 heavy (non-hydrogen) atoms. The van der Waals surface area contributed by atoms with E-state index in [0.717, 1.165) is 11.3 Å². The Balaban J connectivity index is 2.58. The molecule has 0 radical (unpaired) electrons. The average Bonchev–Trinajstić information content (AvgIpc) is 2.04. The Morgan fingerprint density at radius 2 is 2.31 bits per heavy atom. The fraction of sp³-hybridized carbons (Fsp3) is 0.333. The minimum atomic E-state index is -1.06. The predicted octanol–water partition coefficient (Wildman–Crippen LogP) is 2.31. The number of alkyl halides is 1. The first-order chi connectivity index (χ1) is 6.22. The lowest BCUT2D eigenvalue weighted by molar-refractivity contribution is 0.687. The van der Waals surface area contributed by atoms with E-state index < -0.39 is 11.0 Å². The van der Waals surface area contributed by atoms with Crippen molar-refractivity contribution in [3.05, 3.63) is 29.8 Å². The number of anilines is 1. The van der Waals surface area contributed by atoms with Crippen molar-refractivity contribution in [3.8, 4) is 0 Å². The first-order valence-electron chi connectivity index (χ1n) is 4.00. The van der Waals surface area contributed by atoms with Gasteiger partial charge in [0.05, 0.1) is 5.75 Å². The molecule has 0 spiro atoms. The smallest absolute Gasteiger partial charge is 0.118 e. The van der Waals surface area contributed by atoms with Gasteiger partial charge in [0.25, 0.3) is 0 Å². The van der Waals surface area contributed by atoms with Crippen molar-refractivity contribution in [3.63, 3.8) is 0 Å². The molecule has 0 fully saturated rings. The third-order valence-electron chi connectivity index (χ3n) is 1.51. The predicted molar refractivity (Wildman–Crippen MR) is 58.5 cm³/mol. The molecule has 1 atom stereocenters. The minimum absolute atomic E-state index is 0.408. The summed E-state index contributed by atoms with van der Waals surface area (Å²) in [6, 6.07) is 7.76. The molecular weight excluding hydrogens is 206 g/mol. The molecule has 0 aliphatic heterocycles. The normalized spacial score (nSPS) is 12.5. The molecule has 2 nitrogen and oxygen atoms in total. The van der Waals surface area contributed by atoms with Gasteiger partial charge in [-0.3, -0.25) is 0 Å². The van der Waals surface area contributed by atoms with Crippen LogP contribution in [0.25, 0.3) is 0 Å². The first kappa shape index (κ1) is 10.5. The van der Waals surface area contributed by atoms with Gasteiger partial charge in [0, 0.05) is 11.6 Å². The van der Waals surface area contributed by atoms with Crippen molar-refractivity contribution in [2.45, 2.75) is 6.92 Å². The van der Waals surface area contributed by atoms with Gasteiger partial charge in [-0.25, -0.2) is 4.21 Å². The van der Waals surface area contributed by atoms with Crippen molar-refractivity contribution in [1.29, 1.82) is 0 Å². The van der Waals surface area contributed by atoms with E-state index in [2.05, 4.69) is 4.72 Å². The second kappa shape index (κ2) is 5.25. The van der Waals surface area contributed by atoms with Crippen molar-refractivity contribution in [1.82, 2.24) is 0 Å². The summed E-state index contributed by atoms with van der Waals surface area (Å²) < 4.78 is 14.1. The van der Waals surface area contributed by atoms with Crippen molar-refractivity contribution in [2.75, 3.05) is 16.4 Å². The molecule has 1 unspecified atom stereocenters. The van der Waals surface area contributed by atoms with Gasteiger partial charge in [-0.15, -0.1) is 11.6 Å². The summed E-state index contributed by atoms with van der Waals surface area (Å²) in [5.41, 5.74) is 2.02. The summed E-state index contributed by atoms with van der Waals surface area (Å²) in [6.07, 6.45) is 0. The summed E-state index contributed by atoms with van der Waals surface area (Å²) >= 11 is 5.46. The summed E-state index contributed by atoms with van der Waals surface area (Å²) in [5.74, 6) is 0.876. The molecule has 0 amide bonds. The lowest BCUT2D eigenvalue weighted by Crippen LogP contribution is -2.09. The highest BCUT2D eigenvalue weighted by Gasteiger charge is 1.98. The first-order valence-corrected chi connectivity index (χ1v) is 5.85. The number of hydrogen-bond acceptors (Lipinski definition) is 1. The number of benzene rings is 1. The minimum Gasteiger partial charge on any atom is -0.305 e. The van der Waals surface area contributed by atoms with Crippen LogP contribution in [-0.2, 0) is 11.0 Å². The van der Waals surface area contributed by atoms with Crippen LogP contribution in [0.5, 0.6) is 0 Å². The molecule has 1 aromatic carbocycles. The zero-order valence-electron chi connectivity index (χ0n) is 7.42. The van der Waals surface area contributed by atoms with Gasteiger partial charge in [-0.1, -0.05) is 12.1 Å². The van der Waals surface area contributed by atoms with Crippen molar-refractivity contribution >= 4 is 28.3 Å². The van der Waals surface area contributed by atoms with Gasteiger partial charge in [0.2, 0.25) is 0 Å². The Bertz CT molecular complexity index is 303. The standard InChI is InChI=1S/C9H12ClNOS/c1-8-3-2-4-9(7-8)11-13(12)6-5-10/h2-4,7,11H,5-6H2,1H3. The van der Waals surface area contributed by atoms with Crippen molar-refractivity contribution in [2.24, 2.45) is 0 Å². The molecule has 1 aromatic rings. The van der Waals surface area contributed by atoms with E-state index in [0.29, 0.717) is 11.6 Å². The van der Waals surface area contributed by atoms with Crippen LogP contribution in [0.1, 0.15) is 5.56 Å². The van der Waals surface area contributed by atoms with Crippen LogP contribution in [0.15, 0.2) is 24.3 Å². The Morgan fingerprint density at radius 1 is 1.54 bits per heavy atom. The van der Waals surface area contributed by atoms with Crippen LogP contribution < -0.4 is 4.72 Å². The van der Waals surface area contributed by atoms with Crippen LogP contribution in [-0.4, -0.2) is 15.8 Å². The molecule has 0 aromatic heterocycles. The molecular formula is C9H12ClNOS. The number of nitrogens with one attached hydrogen (secondary N) is 1. The van der Waals surface area contributed by atoms with E-state index >= 15 is 0 Å². The van der Waals surface area contributed by atoms with Gasteiger partial charge in [-0.2, -0.15) is 0 Å². The molecule has 72 valence electrons. The van der Waals surface area contributed by atoms with E-state index in [1.165, 1.54) is 0 Å². The number of hydrogen-bond donors (Lipinski definition) is 1. The molecule has 4 heteroatoms. The van der Waals surface area contributed by atoms with Gasteiger partial charge in [0.1, 0.15) is 11.0 Å². The summed E-state index contributed by atoms with van der Waals surface area (Å²) in [6.45, 7) is 2.00. The second-order valence-corrected chi connectivity index (χ2v) is 4.39. The van der Waals surface area contributed by atoms with Crippen LogP contribution in [0.2, 0.25) is 0 Å². The van der Waals surface area contributed by atoms with Crippen molar-refractivity contribution < 1.29 is 4.21 Å². The monoisotopic (exact) mass is 217 g/mol. The van der Waals surface area contributed by atoms with Gasteiger partial charge in [-0.05, 0) is 24.6 Å². The highest BCUT2D eigenvalue weighted by atomic mass is 35.5. The third-order valence-corrected chi connectivity index (χ3v) is 2.96. The van der Waals surface area contributed by atoms with Crippen LogP contribution >= 0.6 is 11.6 Å². The Labute approximate surface area is 85.9 Å². The summed E-state index contributed by atoms with van der Waals surface area (Å²) in [4.78, 5) is 0. The van der Waals surface area contributed by atoms with Crippen LogP contribution in [0, 0.1) is 6.92 Å². The summed E-state index contributed by atoms with van der Waals surface area (Å²) in [5, 5.41) is 0. The maximum absolute atomic E-state index is 11.2. The van der Waals surface area contributed by atoms with E-state index in [4.69, 9.17) is 11.6 Å². The molecule has 0 saturated heterocycles. The third kappa shape index (κ3) is 3.79. The van der Waals surface area contributed by atoms with E-state index in [9.17, 15) is 4.21 Å². The molecule has 1 rings (SSSR count). The fourth-order valence-corrected chi connectivity index (χ4v) is 2.01. The summed E-state index contributed by atoms with van der Waals surface area (Å²) in [7, 11) is -1.06. The molecule has 0 aliphatic carbocycles. The number of rotatable bonds is 4. The largest absolute Gasteiger partial charge is 0.305 e. The molecule has 0 saturated carbocycles. The molecule has 1 N–H and O–H groups in total. The lowest BCUT2D eigenvalue weighted by Gasteiger charge is -2.04. The molecule has 0 aliphatic rings. The van der Waals surface area contributed by atoms with Gasteiger partial charge in [0.15, 0.2) is 0 Å². The Morgan fingerprint density at radius 3 is 2.92 bits per heavy atom.